The Morgan fingerprint density at radius 2 is 2.06 bits per heavy atom. The van der Waals surface area contributed by atoms with Crippen LogP contribution in [0.25, 0.3) is 0 Å². The van der Waals surface area contributed by atoms with Crippen molar-refractivity contribution in [1.82, 2.24) is 5.32 Å². The summed E-state index contributed by atoms with van der Waals surface area (Å²) < 4.78 is 11.8. The van der Waals surface area contributed by atoms with Crippen LogP contribution in [-0.2, 0) is 9.47 Å². The second kappa shape index (κ2) is 6.17. The molecular weight excluding hydrogens is 214 g/mol. The minimum Gasteiger partial charge on any atom is -0.379 e. The van der Waals surface area contributed by atoms with Crippen molar-refractivity contribution in [2.75, 3.05) is 26.3 Å². The van der Waals surface area contributed by atoms with Crippen LogP contribution in [0.5, 0.6) is 0 Å². The highest BCUT2D eigenvalue weighted by Crippen LogP contribution is 2.36. The van der Waals surface area contributed by atoms with Gasteiger partial charge in [-0.15, -0.1) is 0 Å². The van der Waals surface area contributed by atoms with Gasteiger partial charge in [-0.05, 0) is 44.6 Å². The molecule has 1 heterocycles. The highest BCUT2D eigenvalue weighted by molar-refractivity contribution is 4.90. The van der Waals surface area contributed by atoms with Crippen LogP contribution in [0, 0.1) is 5.92 Å². The highest BCUT2D eigenvalue weighted by atomic mass is 16.6. The first-order valence-electron chi connectivity index (χ1n) is 7.20. The van der Waals surface area contributed by atoms with Crippen LogP contribution < -0.4 is 5.32 Å². The smallest absolute Gasteiger partial charge is 0.0838 e. The van der Waals surface area contributed by atoms with Crippen molar-refractivity contribution in [3.63, 3.8) is 0 Å². The molecule has 3 nitrogen and oxygen atoms in total. The first-order valence-corrected chi connectivity index (χ1v) is 7.20. The van der Waals surface area contributed by atoms with Gasteiger partial charge in [-0.25, -0.2) is 0 Å². The minimum absolute atomic E-state index is 0.0842. The molecule has 2 fully saturated rings. The Hall–Kier alpha value is -0.120. The van der Waals surface area contributed by atoms with E-state index in [1.807, 2.05) is 0 Å². The number of nitrogens with one attached hydrogen (secondary N) is 1. The highest BCUT2D eigenvalue weighted by Gasteiger charge is 2.37. The molecule has 2 rings (SSSR count). The summed E-state index contributed by atoms with van der Waals surface area (Å²) in [5, 5.41) is 3.48. The summed E-state index contributed by atoms with van der Waals surface area (Å²) in [6.07, 6.45) is 6.43. The molecule has 1 atom stereocenters. The van der Waals surface area contributed by atoms with Crippen molar-refractivity contribution in [3.05, 3.63) is 0 Å². The molecule has 1 N–H and O–H groups in total. The summed E-state index contributed by atoms with van der Waals surface area (Å²) in [6, 6.07) is 0. The average Bonchev–Trinajstić information content (AvgIpc) is 2.83. The van der Waals surface area contributed by atoms with Gasteiger partial charge in [0, 0.05) is 13.2 Å². The van der Waals surface area contributed by atoms with Gasteiger partial charge in [0.05, 0.1) is 18.3 Å². The molecule has 1 aliphatic carbocycles. The lowest BCUT2D eigenvalue weighted by atomic mass is 9.79. The number of likely N-dealkylation sites (N-methyl/N-ethyl adjacent to an activating group) is 1. The molecule has 1 saturated heterocycles. The van der Waals surface area contributed by atoms with E-state index in [4.69, 9.17) is 9.47 Å². The SMILES string of the molecule is CCNCC1(OC2CCOC2)CCC(C)CC1. The molecule has 1 unspecified atom stereocenters. The van der Waals surface area contributed by atoms with E-state index < -0.39 is 0 Å². The van der Waals surface area contributed by atoms with Crippen molar-refractivity contribution < 1.29 is 9.47 Å². The van der Waals surface area contributed by atoms with Crippen molar-refractivity contribution in [1.29, 1.82) is 0 Å². The summed E-state index contributed by atoms with van der Waals surface area (Å²) in [7, 11) is 0. The second-order valence-corrected chi connectivity index (χ2v) is 5.75. The molecule has 0 aromatic heterocycles. The zero-order chi connectivity index (χ0) is 12.1. The number of hydrogen-bond acceptors (Lipinski definition) is 3. The number of rotatable bonds is 5. The Morgan fingerprint density at radius 1 is 1.29 bits per heavy atom. The molecule has 0 aromatic rings. The van der Waals surface area contributed by atoms with Gasteiger partial charge in [-0.2, -0.15) is 0 Å². The maximum atomic E-state index is 6.40. The molecule has 1 saturated carbocycles. The quantitative estimate of drug-likeness (QED) is 0.801. The fourth-order valence-corrected chi connectivity index (χ4v) is 2.94. The van der Waals surface area contributed by atoms with Crippen LogP contribution in [0.3, 0.4) is 0 Å². The molecule has 3 heteroatoms. The van der Waals surface area contributed by atoms with Crippen LogP contribution in [0.15, 0.2) is 0 Å². The normalized spacial score (nSPS) is 38.5. The van der Waals surface area contributed by atoms with Gasteiger partial charge < -0.3 is 14.8 Å². The Labute approximate surface area is 105 Å². The van der Waals surface area contributed by atoms with Crippen LogP contribution >= 0.6 is 0 Å². The van der Waals surface area contributed by atoms with E-state index in [1.54, 1.807) is 0 Å². The molecule has 2 aliphatic rings. The predicted molar refractivity (Wildman–Crippen MR) is 69.2 cm³/mol. The van der Waals surface area contributed by atoms with Gasteiger partial charge >= 0.3 is 0 Å². The molecule has 100 valence electrons. The van der Waals surface area contributed by atoms with E-state index in [1.165, 1.54) is 25.7 Å². The summed E-state index contributed by atoms with van der Waals surface area (Å²) >= 11 is 0. The monoisotopic (exact) mass is 241 g/mol. The lowest BCUT2D eigenvalue weighted by Crippen LogP contribution is -2.48. The molecule has 0 aromatic carbocycles. The third-order valence-corrected chi connectivity index (χ3v) is 4.19. The van der Waals surface area contributed by atoms with Gasteiger partial charge in [-0.3, -0.25) is 0 Å². The Bertz CT molecular complexity index is 213. The summed E-state index contributed by atoms with van der Waals surface area (Å²) in [5.74, 6) is 0.869. The fourth-order valence-electron chi connectivity index (χ4n) is 2.94. The third-order valence-electron chi connectivity index (χ3n) is 4.19. The van der Waals surface area contributed by atoms with Gasteiger partial charge in [0.2, 0.25) is 0 Å². The van der Waals surface area contributed by atoms with Crippen LogP contribution in [0.2, 0.25) is 0 Å². The molecular formula is C14H27NO2. The maximum Gasteiger partial charge on any atom is 0.0838 e. The lowest BCUT2D eigenvalue weighted by Gasteiger charge is -2.41. The van der Waals surface area contributed by atoms with Gasteiger partial charge in [-0.1, -0.05) is 13.8 Å². The topological polar surface area (TPSA) is 30.5 Å². The van der Waals surface area contributed by atoms with E-state index >= 15 is 0 Å². The van der Waals surface area contributed by atoms with Crippen molar-refractivity contribution in [3.8, 4) is 0 Å². The molecule has 0 spiro atoms. The van der Waals surface area contributed by atoms with Crippen LogP contribution in [0.1, 0.15) is 46.0 Å². The number of ether oxygens (including phenoxy) is 2. The maximum absolute atomic E-state index is 6.40. The second-order valence-electron chi connectivity index (χ2n) is 5.75. The summed E-state index contributed by atoms with van der Waals surface area (Å²) in [5.41, 5.74) is 0.0842. The largest absolute Gasteiger partial charge is 0.379 e. The molecule has 17 heavy (non-hydrogen) atoms. The molecule has 0 bridgehead atoms. The Balaban J connectivity index is 1.91. The van der Waals surface area contributed by atoms with E-state index in [0.29, 0.717) is 6.10 Å². The van der Waals surface area contributed by atoms with E-state index in [2.05, 4.69) is 19.2 Å². The lowest BCUT2D eigenvalue weighted by molar-refractivity contribution is -0.116. The molecule has 0 amide bonds. The van der Waals surface area contributed by atoms with E-state index in [9.17, 15) is 0 Å². The van der Waals surface area contributed by atoms with Crippen LogP contribution in [0.4, 0.5) is 0 Å². The number of hydrogen-bond donors (Lipinski definition) is 1. The molecule has 0 radical (unpaired) electrons. The summed E-state index contributed by atoms with van der Waals surface area (Å²) in [6.45, 7) is 8.23. The van der Waals surface area contributed by atoms with Crippen molar-refractivity contribution in [2.45, 2.75) is 57.7 Å². The minimum atomic E-state index is 0.0842. The molecule has 1 aliphatic heterocycles. The zero-order valence-electron chi connectivity index (χ0n) is 11.3. The first-order chi connectivity index (χ1) is 8.24. The van der Waals surface area contributed by atoms with Gasteiger partial charge in [0.1, 0.15) is 0 Å². The predicted octanol–water partition coefficient (Wildman–Crippen LogP) is 2.35. The van der Waals surface area contributed by atoms with Gasteiger partial charge in [0.25, 0.3) is 0 Å². The van der Waals surface area contributed by atoms with E-state index in [-0.39, 0.29) is 5.60 Å². The van der Waals surface area contributed by atoms with Gasteiger partial charge in [0.15, 0.2) is 0 Å². The zero-order valence-corrected chi connectivity index (χ0v) is 11.3. The summed E-state index contributed by atoms with van der Waals surface area (Å²) in [4.78, 5) is 0. The van der Waals surface area contributed by atoms with Crippen molar-refractivity contribution >= 4 is 0 Å². The third kappa shape index (κ3) is 3.67. The first kappa shape index (κ1) is 13.3. The van der Waals surface area contributed by atoms with E-state index in [0.717, 1.165) is 38.6 Å². The Morgan fingerprint density at radius 3 is 2.65 bits per heavy atom. The van der Waals surface area contributed by atoms with Crippen LogP contribution in [-0.4, -0.2) is 38.0 Å². The average molecular weight is 241 g/mol. The fraction of sp³-hybridized carbons (Fsp3) is 1.00. The Kier molecular flexibility index (Phi) is 4.83. The standard InChI is InChI=1S/C14H27NO2/c1-3-15-11-14(7-4-12(2)5-8-14)17-13-6-9-16-10-13/h12-13,15H,3-11H2,1-2H3. The van der Waals surface area contributed by atoms with Crippen molar-refractivity contribution in [2.24, 2.45) is 5.92 Å².